The Balaban J connectivity index is 2.55. The van der Waals surface area contributed by atoms with E-state index in [1.807, 2.05) is 0 Å². The van der Waals surface area contributed by atoms with Gasteiger partial charge in [0.05, 0.1) is 28.3 Å². The Labute approximate surface area is 167 Å². The summed E-state index contributed by atoms with van der Waals surface area (Å²) < 4.78 is 116. The quantitative estimate of drug-likeness (QED) is 0.253. The molecule has 12 heteroatoms. The van der Waals surface area contributed by atoms with Crippen molar-refractivity contribution >= 4 is 11.5 Å². The zero-order chi connectivity index (χ0) is 23.8. The van der Waals surface area contributed by atoms with Crippen LogP contribution in [0.5, 0.6) is 0 Å². The second-order valence-electron chi connectivity index (χ2n) is 6.06. The van der Waals surface area contributed by atoms with Crippen molar-refractivity contribution in [3.8, 4) is 6.07 Å². The molecule has 0 heterocycles. The summed E-state index contributed by atoms with van der Waals surface area (Å²) in [6.07, 6.45) is -15.3. The highest BCUT2D eigenvalue weighted by Gasteiger charge is 2.37. The van der Waals surface area contributed by atoms with Gasteiger partial charge in [-0.15, -0.1) is 0 Å². The second-order valence-corrected chi connectivity index (χ2v) is 6.06. The minimum Gasteiger partial charge on any atom is -0.507 e. The van der Waals surface area contributed by atoms with Gasteiger partial charge in [0.15, 0.2) is 5.78 Å². The van der Waals surface area contributed by atoms with Crippen molar-refractivity contribution in [2.75, 3.05) is 0 Å². The average molecular weight is 453 g/mol. The summed E-state index contributed by atoms with van der Waals surface area (Å²) in [6.45, 7) is 0. The fourth-order valence-electron chi connectivity index (χ4n) is 2.42. The number of benzene rings is 2. The molecule has 0 aliphatic heterocycles. The molecule has 2 aromatic rings. The summed E-state index contributed by atoms with van der Waals surface area (Å²) in [7, 11) is 0. The number of aliphatic hydroxyl groups is 1. The molecule has 0 amide bonds. The molecule has 2 rings (SSSR count). The largest absolute Gasteiger partial charge is 0.507 e. The van der Waals surface area contributed by atoms with E-state index in [9.17, 15) is 49.4 Å². The molecule has 164 valence electrons. The van der Waals surface area contributed by atoms with E-state index in [-0.39, 0.29) is 30.3 Å². The first-order valence-corrected chi connectivity index (χ1v) is 7.90. The van der Waals surface area contributed by atoms with Crippen LogP contribution in [0.4, 0.5) is 39.5 Å². The van der Waals surface area contributed by atoms with Crippen LogP contribution < -0.4 is 0 Å². The predicted molar refractivity (Wildman–Crippen MR) is 87.5 cm³/mol. The maximum atomic E-state index is 13.0. The van der Waals surface area contributed by atoms with Crippen LogP contribution in [-0.2, 0) is 18.5 Å². The van der Waals surface area contributed by atoms with E-state index in [0.29, 0.717) is 6.07 Å². The van der Waals surface area contributed by atoms with Gasteiger partial charge in [-0.25, -0.2) is 0 Å². The topological polar surface area (TPSA) is 61.1 Å². The first-order valence-electron chi connectivity index (χ1n) is 7.90. The molecule has 0 spiro atoms. The summed E-state index contributed by atoms with van der Waals surface area (Å²) in [5.41, 5.74) is -7.55. The number of allylic oxidation sites excluding steroid dienone is 1. The van der Waals surface area contributed by atoms with Gasteiger partial charge in [-0.1, -0.05) is 0 Å². The Morgan fingerprint density at radius 1 is 0.806 bits per heavy atom. The van der Waals surface area contributed by atoms with Gasteiger partial charge in [-0.3, -0.25) is 4.79 Å². The summed E-state index contributed by atoms with van der Waals surface area (Å²) in [5, 5.41) is 18.6. The van der Waals surface area contributed by atoms with E-state index in [4.69, 9.17) is 5.26 Å². The molecule has 0 aromatic heterocycles. The van der Waals surface area contributed by atoms with Gasteiger partial charge in [0.25, 0.3) is 0 Å². The number of nitriles is 1. The van der Waals surface area contributed by atoms with Gasteiger partial charge < -0.3 is 5.11 Å². The fourth-order valence-corrected chi connectivity index (χ4v) is 2.42. The summed E-state index contributed by atoms with van der Waals surface area (Å²) in [4.78, 5) is 12.1. The molecule has 3 nitrogen and oxygen atoms in total. The number of hydrogen-bond acceptors (Lipinski definition) is 3. The molecule has 0 unspecified atom stereocenters. The molecule has 0 saturated carbocycles. The smallest absolute Gasteiger partial charge is 0.417 e. The Morgan fingerprint density at radius 3 is 1.74 bits per heavy atom. The zero-order valence-corrected chi connectivity index (χ0v) is 14.7. The minimum absolute atomic E-state index is 0.147. The van der Waals surface area contributed by atoms with Crippen LogP contribution in [0.15, 0.2) is 42.5 Å². The number of rotatable bonds is 3. The van der Waals surface area contributed by atoms with E-state index in [1.165, 1.54) is 6.07 Å². The van der Waals surface area contributed by atoms with E-state index in [2.05, 4.69) is 0 Å². The normalized spacial score (nSPS) is 13.1. The van der Waals surface area contributed by atoms with Crippen molar-refractivity contribution in [1.82, 2.24) is 0 Å². The van der Waals surface area contributed by atoms with Crippen LogP contribution in [0.3, 0.4) is 0 Å². The summed E-state index contributed by atoms with van der Waals surface area (Å²) in [6, 6.07) is 3.08. The predicted octanol–water partition coefficient (Wildman–Crippen LogP) is 6.40. The van der Waals surface area contributed by atoms with Crippen molar-refractivity contribution in [1.29, 1.82) is 5.26 Å². The van der Waals surface area contributed by atoms with Crippen molar-refractivity contribution in [2.45, 2.75) is 18.5 Å². The number of aliphatic hydroxyl groups excluding tert-OH is 1. The SMILES string of the molecule is N#Cc1ccc(C(=O)C=C(O)c2cc(C(F)(F)F)cc(C(F)(F)F)c2)cc1C(F)(F)F. The third-order valence-corrected chi connectivity index (χ3v) is 3.88. The van der Waals surface area contributed by atoms with Crippen LogP contribution in [-0.4, -0.2) is 10.9 Å². The number of hydrogen-bond donors (Lipinski definition) is 1. The maximum absolute atomic E-state index is 13.0. The molecule has 2 aromatic carbocycles. The third-order valence-electron chi connectivity index (χ3n) is 3.88. The molecule has 0 aliphatic carbocycles. The highest BCUT2D eigenvalue weighted by molar-refractivity contribution is 6.08. The standard InChI is InChI=1S/C19H8F9NO2/c20-17(21,22)12-3-11(4-13(6-12)18(23,24)25)16(31)7-15(30)9-1-2-10(8-29)14(5-9)19(26,27)28/h1-7,31H. The number of nitrogens with zero attached hydrogens (tertiary/aromatic N) is 1. The van der Waals surface area contributed by atoms with E-state index in [0.717, 1.165) is 6.07 Å². The molecule has 0 aliphatic rings. The van der Waals surface area contributed by atoms with Crippen molar-refractivity contribution in [3.05, 3.63) is 75.9 Å². The van der Waals surface area contributed by atoms with Gasteiger partial charge in [-0.2, -0.15) is 44.8 Å². The van der Waals surface area contributed by atoms with Gasteiger partial charge in [0, 0.05) is 17.2 Å². The fraction of sp³-hybridized carbons (Fsp3) is 0.158. The maximum Gasteiger partial charge on any atom is 0.417 e. The average Bonchev–Trinajstić information content (AvgIpc) is 2.64. The highest BCUT2D eigenvalue weighted by Crippen LogP contribution is 2.37. The second kappa shape index (κ2) is 7.98. The lowest BCUT2D eigenvalue weighted by Gasteiger charge is -2.14. The molecule has 31 heavy (non-hydrogen) atoms. The van der Waals surface area contributed by atoms with Gasteiger partial charge >= 0.3 is 18.5 Å². The van der Waals surface area contributed by atoms with E-state index in [1.54, 1.807) is 0 Å². The monoisotopic (exact) mass is 453 g/mol. The lowest BCUT2D eigenvalue weighted by molar-refractivity contribution is -0.143. The lowest BCUT2D eigenvalue weighted by Crippen LogP contribution is -2.12. The number of halogens is 9. The van der Waals surface area contributed by atoms with E-state index < -0.39 is 63.5 Å². The number of alkyl halides is 9. The van der Waals surface area contributed by atoms with Crippen molar-refractivity contribution in [3.63, 3.8) is 0 Å². The minimum atomic E-state index is -5.21. The van der Waals surface area contributed by atoms with Crippen LogP contribution in [0, 0.1) is 11.3 Å². The first-order chi connectivity index (χ1) is 14.0. The molecular formula is C19H8F9NO2. The molecular weight excluding hydrogens is 445 g/mol. The lowest BCUT2D eigenvalue weighted by atomic mass is 9.99. The summed E-state index contributed by atoms with van der Waals surface area (Å²) in [5.74, 6) is -2.68. The molecule has 0 fully saturated rings. The molecule has 1 N–H and O–H groups in total. The Hall–Kier alpha value is -3.49. The van der Waals surface area contributed by atoms with Crippen LogP contribution in [0.2, 0.25) is 0 Å². The summed E-state index contributed by atoms with van der Waals surface area (Å²) >= 11 is 0. The number of carbonyl (C=O) groups excluding carboxylic acids is 1. The molecule has 0 bridgehead atoms. The number of ketones is 1. The molecule has 0 atom stereocenters. The number of carbonyl (C=O) groups is 1. The molecule has 0 radical (unpaired) electrons. The van der Waals surface area contributed by atoms with Crippen LogP contribution in [0.25, 0.3) is 5.76 Å². The van der Waals surface area contributed by atoms with Crippen molar-refractivity contribution < 1.29 is 49.4 Å². The highest BCUT2D eigenvalue weighted by atomic mass is 19.4. The Kier molecular flexibility index (Phi) is 6.12. The Bertz CT molecular complexity index is 1060. The van der Waals surface area contributed by atoms with Crippen LogP contribution >= 0.6 is 0 Å². The van der Waals surface area contributed by atoms with E-state index >= 15 is 0 Å². The van der Waals surface area contributed by atoms with Crippen LogP contribution in [0.1, 0.15) is 38.2 Å². The Morgan fingerprint density at radius 2 is 1.32 bits per heavy atom. The van der Waals surface area contributed by atoms with Gasteiger partial charge in [0.2, 0.25) is 0 Å². The van der Waals surface area contributed by atoms with Gasteiger partial charge in [0.1, 0.15) is 5.76 Å². The van der Waals surface area contributed by atoms with Crippen molar-refractivity contribution in [2.24, 2.45) is 0 Å². The molecule has 0 saturated heterocycles. The first kappa shape index (κ1) is 23.8. The zero-order valence-electron chi connectivity index (χ0n) is 14.7. The van der Waals surface area contributed by atoms with Gasteiger partial charge in [-0.05, 0) is 36.4 Å². The third kappa shape index (κ3) is 5.56.